The maximum Gasteiger partial charge on any atom is 0.224 e. The first-order valence-electron chi connectivity index (χ1n) is 7.45. The predicted octanol–water partition coefficient (Wildman–Crippen LogP) is 1.87. The summed E-state index contributed by atoms with van der Waals surface area (Å²) in [5.74, 6) is 1.21. The number of aromatic nitrogens is 2. The van der Waals surface area contributed by atoms with E-state index in [0.717, 1.165) is 5.56 Å². The number of benzene rings is 1. The summed E-state index contributed by atoms with van der Waals surface area (Å²) in [4.78, 5) is 16.7. The summed E-state index contributed by atoms with van der Waals surface area (Å²) in [5.41, 5.74) is 0.779. The number of carbonyl (C=O) groups is 1. The minimum absolute atomic E-state index is 0. The van der Waals surface area contributed by atoms with E-state index in [1.54, 1.807) is 14.0 Å². The van der Waals surface area contributed by atoms with Crippen molar-refractivity contribution >= 4 is 18.3 Å². The topological polar surface area (TPSA) is 89.3 Å². The van der Waals surface area contributed by atoms with Gasteiger partial charge in [-0.05, 0) is 13.1 Å². The highest BCUT2D eigenvalue weighted by Crippen LogP contribution is 2.28. The molecule has 2 atom stereocenters. The van der Waals surface area contributed by atoms with Gasteiger partial charge in [0.1, 0.15) is 11.8 Å². The highest BCUT2D eigenvalue weighted by atomic mass is 35.5. The molecule has 2 rings (SSSR count). The summed E-state index contributed by atoms with van der Waals surface area (Å²) in [6.07, 6.45) is 0. The Labute approximate surface area is 147 Å². The molecule has 8 heteroatoms. The van der Waals surface area contributed by atoms with Crippen LogP contribution in [0.1, 0.15) is 30.2 Å². The number of para-hydroxylation sites is 1. The summed E-state index contributed by atoms with van der Waals surface area (Å²) >= 11 is 0. The maximum atomic E-state index is 12.4. The van der Waals surface area contributed by atoms with Crippen LogP contribution < -0.4 is 15.4 Å². The van der Waals surface area contributed by atoms with E-state index >= 15 is 0 Å². The number of methoxy groups -OCH3 is 1. The molecule has 1 heterocycles. The van der Waals surface area contributed by atoms with Crippen molar-refractivity contribution < 1.29 is 14.1 Å². The Balaban J connectivity index is 0.00000288. The number of rotatable bonds is 7. The van der Waals surface area contributed by atoms with Crippen LogP contribution in [0, 0.1) is 12.8 Å². The standard InChI is InChI=1S/C16H22N4O3.ClH/c1-10(9-17-3)16(21)19-14(15-18-11(2)23-20-15)12-7-5-6-8-13(12)22-4;/h5-8,10,14,17H,9H2,1-4H3,(H,19,21);1H. The Morgan fingerprint density at radius 3 is 2.67 bits per heavy atom. The Morgan fingerprint density at radius 2 is 2.08 bits per heavy atom. The van der Waals surface area contributed by atoms with Crippen LogP contribution in [0.5, 0.6) is 5.75 Å². The molecule has 7 nitrogen and oxygen atoms in total. The van der Waals surface area contributed by atoms with Crippen LogP contribution in [0.3, 0.4) is 0 Å². The second-order valence-corrected chi connectivity index (χ2v) is 5.31. The molecule has 0 spiro atoms. The molecule has 0 fully saturated rings. The first-order valence-corrected chi connectivity index (χ1v) is 7.45. The molecule has 0 saturated heterocycles. The number of halogens is 1. The molecular weight excluding hydrogens is 332 g/mol. The number of nitrogens with one attached hydrogen (secondary N) is 2. The van der Waals surface area contributed by atoms with Gasteiger partial charge in [-0.15, -0.1) is 12.4 Å². The van der Waals surface area contributed by atoms with E-state index in [4.69, 9.17) is 9.26 Å². The van der Waals surface area contributed by atoms with E-state index in [1.165, 1.54) is 0 Å². The molecule has 0 radical (unpaired) electrons. The van der Waals surface area contributed by atoms with Crippen molar-refractivity contribution in [3.05, 3.63) is 41.5 Å². The second kappa shape index (κ2) is 9.24. The smallest absolute Gasteiger partial charge is 0.224 e. The second-order valence-electron chi connectivity index (χ2n) is 5.31. The molecule has 1 aromatic carbocycles. The number of nitrogens with zero attached hydrogens (tertiary/aromatic N) is 2. The molecule has 0 aliphatic carbocycles. The van der Waals surface area contributed by atoms with Gasteiger partial charge in [-0.3, -0.25) is 4.79 Å². The van der Waals surface area contributed by atoms with Crippen LogP contribution in [0.25, 0.3) is 0 Å². The van der Waals surface area contributed by atoms with Crippen LogP contribution in [0.15, 0.2) is 28.8 Å². The van der Waals surface area contributed by atoms with Crippen LogP contribution in [-0.4, -0.2) is 36.8 Å². The van der Waals surface area contributed by atoms with Crippen molar-refractivity contribution in [2.24, 2.45) is 5.92 Å². The number of amides is 1. The molecule has 0 aliphatic rings. The quantitative estimate of drug-likeness (QED) is 0.789. The molecule has 132 valence electrons. The normalized spacial score (nSPS) is 12.8. The largest absolute Gasteiger partial charge is 0.496 e. The van der Waals surface area contributed by atoms with Gasteiger partial charge in [0.05, 0.1) is 7.11 Å². The highest BCUT2D eigenvalue weighted by Gasteiger charge is 2.26. The Kier molecular flexibility index (Phi) is 7.67. The zero-order valence-electron chi connectivity index (χ0n) is 14.2. The van der Waals surface area contributed by atoms with E-state index in [0.29, 0.717) is 24.0 Å². The average Bonchev–Trinajstić information content (AvgIpc) is 2.98. The molecule has 2 N–H and O–H groups in total. The molecular formula is C16H23ClN4O3. The van der Waals surface area contributed by atoms with Gasteiger partial charge >= 0.3 is 0 Å². The van der Waals surface area contributed by atoms with Crippen LogP contribution in [0.4, 0.5) is 0 Å². The first kappa shape index (κ1) is 19.9. The highest BCUT2D eigenvalue weighted by molar-refractivity contribution is 5.85. The zero-order chi connectivity index (χ0) is 16.8. The lowest BCUT2D eigenvalue weighted by molar-refractivity contribution is -0.124. The number of carbonyl (C=O) groups excluding carboxylic acids is 1. The van der Waals surface area contributed by atoms with Crippen LogP contribution in [0.2, 0.25) is 0 Å². The van der Waals surface area contributed by atoms with E-state index in [1.807, 2.05) is 38.2 Å². The summed E-state index contributed by atoms with van der Waals surface area (Å²) in [6, 6.07) is 6.92. The van der Waals surface area contributed by atoms with E-state index in [2.05, 4.69) is 20.8 Å². The van der Waals surface area contributed by atoms with Gasteiger partial charge in [0.15, 0.2) is 5.82 Å². The van der Waals surface area contributed by atoms with Gasteiger partial charge in [0.25, 0.3) is 0 Å². The molecule has 1 aromatic heterocycles. The van der Waals surface area contributed by atoms with Gasteiger partial charge in [-0.2, -0.15) is 4.98 Å². The average molecular weight is 355 g/mol. The third-order valence-electron chi connectivity index (χ3n) is 3.50. The maximum absolute atomic E-state index is 12.4. The Bertz CT molecular complexity index is 662. The SMILES string of the molecule is CNCC(C)C(=O)NC(c1noc(C)n1)c1ccccc1OC.Cl. The van der Waals surface area contributed by atoms with Crippen molar-refractivity contribution in [3.8, 4) is 5.75 Å². The predicted molar refractivity (Wildman–Crippen MR) is 92.4 cm³/mol. The number of ether oxygens (including phenoxy) is 1. The molecule has 1 amide bonds. The fourth-order valence-corrected chi connectivity index (χ4v) is 2.30. The van der Waals surface area contributed by atoms with Crippen LogP contribution >= 0.6 is 12.4 Å². The van der Waals surface area contributed by atoms with E-state index in [9.17, 15) is 4.79 Å². The molecule has 24 heavy (non-hydrogen) atoms. The number of hydrogen-bond donors (Lipinski definition) is 2. The molecule has 0 saturated carbocycles. The summed E-state index contributed by atoms with van der Waals surface area (Å²) in [7, 11) is 3.40. The van der Waals surface area contributed by atoms with Crippen molar-refractivity contribution in [1.82, 2.24) is 20.8 Å². The number of hydrogen-bond acceptors (Lipinski definition) is 6. The zero-order valence-corrected chi connectivity index (χ0v) is 15.0. The lowest BCUT2D eigenvalue weighted by atomic mass is 10.0. The lowest BCUT2D eigenvalue weighted by Gasteiger charge is -2.20. The molecule has 2 aromatic rings. The third-order valence-corrected chi connectivity index (χ3v) is 3.50. The minimum atomic E-state index is -0.532. The van der Waals surface area contributed by atoms with Crippen molar-refractivity contribution in [1.29, 1.82) is 0 Å². The van der Waals surface area contributed by atoms with E-state index in [-0.39, 0.29) is 24.2 Å². The van der Waals surface area contributed by atoms with Gasteiger partial charge < -0.3 is 19.9 Å². The Morgan fingerprint density at radius 1 is 1.38 bits per heavy atom. The van der Waals surface area contributed by atoms with Crippen molar-refractivity contribution in [2.45, 2.75) is 19.9 Å². The van der Waals surface area contributed by atoms with E-state index < -0.39 is 6.04 Å². The lowest BCUT2D eigenvalue weighted by Crippen LogP contribution is -2.37. The fourth-order valence-electron chi connectivity index (χ4n) is 2.30. The van der Waals surface area contributed by atoms with Gasteiger partial charge in [-0.25, -0.2) is 0 Å². The van der Waals surface area contributed by atoms with Crippen LogP contribution in [-0.2, 0) is 4.79 Å². The summed E-state index contributed by atoms with van der Waals surface area (Å²) in [5, 5.41) is 9.93. The van der Waals surface area contributed by atoms with Gasteiger partial charge in [0, 0.05) is 24.9 Å². The monoisotopic (exact) mass is 354 g/mol. The van der Waals surface area contributed by atoms with Gasteiger partial charge in [0.2, 0.25) is 11.8 Å². The summed E-state index contributed by atoms with van der Waals surface area (Å²) < 4.78 is 10.5. The van der Waals surface area contributed by atoms with Crippen molar-refractivity contribution in [3.63, 3.8) is 0 Å². The third kappa shape index (κ3) is 4.69. The molecule has 2 unspecified atom stereocenters. The Hall–Kier alpha value is -2.12. The van der Waals surface area contributed by atoms with Gasteiger partial charge in [-0.1, -0.05) is 30.3 Å². The molecule has 0 aliphatic heterocycles. The molecule has 0 bridgehead atoms. The fraction of sp³-hybridized carbons (Fsp3) is 0.438. The number of aryl methyl sites for hydroxylation is 1. The van der Waals surface area contributed by atoms with Crippen molar-refractivity contribution in [2.75, 3.05) is 20.7 Å². The minimum Gasteiger partial charge on any atom is -0.496 e. The first-order chi connectivity index (χ1) is 11.1. The summed E-state index contributed by atoms with van der Waals surface area (Å²) in [6.45, 7) is 4.14.